The van der Waals surface area contributed by atoms with Crippen LogP contribution in [0.25, 0.3) is 0 Å². The Morgan fingerprint density at radius 3 is 2.50 bits per heavy atom. The molecule has 0 aliphatic heterocycles. The SMILES string of the molecule is CCOc1ccccc1N[C@H](C)C(=O)Nc1ccc(F)c(F)c1F. The number of rotatable bonds is 6. The maximum absolute atomic E-state index is 13.6. The molecule has 24 heavy (non-hydrogen) atoms. The summed E-state index contributed by atoms with van der Waals surface area (Å²) in [5.41, 5.74) is 0.165. The Hall–Kier alpha value is -2.70. The van der Waals surface area contributed by atoms with Gasteiger partial charge in [0, 0.05) is 0 Å². The van der Waals surface area contributed by atoms with E-state index in [1.807, 2.05) is 6.92 Å². The van der Waals surface area contributed by atoms with Crippen LogP contribution < -0.4 is 15.4 Å². The molecule has 7 heteroatoms. The largest absolute Gasteiger partial charge is 0.492 e. The summed E-state index contributed by atoms with van der Waals surface area (Å²) < 4.78 is 45.1. The quantitative estimate of drug-likeness (QED) is 0.785. The molecule has 0 heterocycles. The molecule has 0 unspecified atom stereocenters. The summed E-state index contributed by atoms with van der Waals surface area (Å²) in [6.45, 7) is 3.84. The zero-order valence-electron chi connectivity index (χ0n) is 13.2. The molecule has 0 fully saturated rings. The van der Waals surface area contributed by atoms with Gasteiger partial charge in [-0.25, -0.2) is 13.2 Å². The third kappa shape index (κ3) is 3.98. The summed E-state index contributed by atoms with van der Waals surface area (Å²) >= 11 is 0. The molecular weight excluding hydrogens is 321 g/mol. The number of anilines is 2. The fraction of sp³-hybridized carbons (Fsp3) is 0.235. The highest BCUT2D eigenvalue weighted by molar-refractivity contribution is 5.96. The van der Waals surface area contributed by atoms with E-state index in [9.17, 15) is 18.0 Å². The number of carbonyl (C=O) groups excluding carboxylic acids is 1. The first kappa shape index (κ1) is 17.7. The number of benzene rings is 2. The Balaban J connectivity index is 2.09. The maximum Gasteiger partial charge on any atom is 0.246 e. The maximum atomic E-state index is 13.6. The van der Waals surface area contributed by atoms with E-state index in [-0.39, 0.29) is 0 Å². The normalized spacial score (nSPS) is 11.7. The van der Waals surface area contributed by atoms with Crippen LogP contribution in [0.15, 0.2) is 36.4 Å². The first-order valence-electron chi connectivity index (χ1n) is 7.36. The van der Waals surface area contributed by atoms with Crippen LogP contribution in [0.2, 0.25) is 0 Å². The molecule has 0 bridgehead atoms. The molecule has 0 radical (unpaired) electrons. The molecule has 1 amide bonds. The van der Waals surface area contributed by atoms with Gasteiger partial charge < -0.3 is 15.4 Å². The van der Waals surface area contributed by atoms with Gasteiger partial charge in [-0.05, 0) is 38.1 Å². The molecule has 0 saturated carbocycles. The average molecular weight is 338 g/mol. The van der Waals surface area contributed by atoms with Crippen LogP contribution >= 0.6 is 0 Å². The van der Waals surface area contributed by atoms with E-state index in [4.69, 9.17) is 4.74 Å². The van der Waals surface area contributed by atoms with Gasteiger partial charge in [-0.3, -0.25) is 4.79 Å². The summed E-state index contributed by atoms with van der Waals surface area (Å²) in [6, 6.07) is 7.97. The Bertz CT molecular complexity index is 738. The molecular formula is C17H17F3N2O2. The number of amides is 1. The van der Waals surface area contributed by atoms with Gasteiger partial charge in [-0.1, -0.05) is 12.1 Å². The van der Waals surface area contributed by atoms with Crippen LogP contribution in [-0.4, -0.2) is 18.6 Å². The van der Waals surface area contributed by atoms with Crippen LogP contribution in [0, 0.1) is 17.5 Å². The Morgan fingerprint density at radius 1 is 1.08 bits per heavy atom. The van der Waals surface area contributed by atoms with Crippen molar-refractivity contribution in [3.8, 4) is 5.75 Å². The van der Waals surface area contributed by atoms with Gasteiger partial charge in [0.1, 0.15) is 11.8 Å². The summed E-state index contributed by atoms with van der Waals surface area (Å²) in [7, 11) is 0. The molecule has 0 spiro atoms. The van der Waals surface area contributed by atoms with Crippen LogP contribution in [0.1, 0.15) is 13.8 Å². The van der Waals surface area contributed by atoms with Gasteiger partial charge in [-0.15, -0.1) is 0 Å². The van der Waals surface area contributed by atoms with E-state index in [0.717, 1.165) is 12.1 Å². The molecule has 0 saturated heterocycles. The van der Waals surface area contributed by atoms with Crippen molar-refractivity contribution in [3.05, 3.63) is 53.8 Å². The summed E-state index contributed by atoms with van der Waals surface area (Å²) in [5, 5.41) is 5.16. The number of hydrogen-bond acceptors (Lipinski definition) is 3. The van der Waals surface area contributed by atoms with E-state index in [1.54, 1.807) is 31.2 Å². The third-order valence-corrected chi connectivity index (χ3v) is 3.25. The lowest BCUT2D eigenvalue weighted by Gasteiger charge is -2.18. The Labute approximate surface area is 137 Å². The highest BCUT2D eigenvalue weighted by Crippen LogP contribution is 2.25. The average Bonchev–Trinajstić information content (AvgIpc) is 2.57. The molecule has 2 N–H and O–H groups in total. The van der Waals surface area contributed by atoms with Crippen molar-refractivity contribution in [3.63, 3.8) is 0 Å². The smallest absolute Gasteiger partial charge is 0.246 e. The van der Waals surface area contributed by atoms with Crippen LogP contribution in [-0.2, 0) is 4.79 Å². The van der Waals surface area contributed by atoms with Crippen molar-refractivity contribution in [2.45, 2.75) is 19.9 Å². The van der Waals surface area contributed by atoms with Gasteiger partial charge in [-0.2, -0.15) is 0 Å². The lowest BCUT2D eigenvalue weighted by Crippen LogP contribution is -2.32. The van der Waals surface area contributed by atoms with Crippen molar-refractivity contribution in [2.24, 2.45) is 0 Å². The first-order chi connectivity index (χ1) is 11.4. The molecule has 128 valence electrons. The second-order valence-corrected chi connectivity index (χ2v) is 5.01. The fourth-order valence-electron chi connectivity index (χ4n) is 2.03. The van der Waals surface area contributed by atoms with Gasteiger partial charge in [0.25, 0.3) is 0 Å². The van der Waals surface area contributed by atoms with E-state index < -0.39 is 35.1 Å². The van der Waals surface area contributed by atoms with Crippen molar-refractivity contribution in [1.82, 2.24) is 0 Å². The van der Waals surface area contributed by atoms with Crippen molar-refractivity contribution in [1.29, 1.82) is 0 Å². The number of hydrogen-bond donors (Lipinski definition) is 2. The minimum atomic E-state index is -1.63. The zero-order chi connectivity index (χ0) is 17.7. The van der Waals surface area contributed by atoms with E-state index in [1.165, 1.54) is 0 Å². The monoisotopic (exact) mass is 338 g/mol. The second-order valence-electron chi connectivity index (χ2n) is 5.01. The molecule has 0 aliphatic rings. The number of carbonyl (C=O) groups is 1. The lowest BCUT2D eigenvalue weighted by atomic mass is 10.2. The van der Waals surface area contributed by atoms with E-state index in [0.29, 0.717) is 18.0 Å². The summed E-state index contributed by atoms with van der Waals surface area (Å²) in [5.74, 6) is -4.42. The first-order valence-corrected chi connectivity index (χ1v) is 7.36. The molecule has 4 nitrogen and oxygen atoms in total. The van der Waals surface area contributed by atoms with Gasteiger partial charge >= 0.3 is 0 Å². The van der Waals surface area contributed by atoms with Crippen molar-refractivity contribution >= 4 is 17.3 Å². The van der Waals surface area contributed by atoms with Gasteiger partial charge in [0.2, 0.25) is 5.91 Å². The number of para-hydroxylation sites is 2. The topological polar surface area (TPSA) is 50.4 Å². The van der Waals surface area contributed by atoms with Gasteiger partial charge in [0.05, 0.1) is 18.0 Å². The lowest BCUT2D eigenvalue weighted by molar-refractivity contribution is -0.116. The number of nitrogens with one attached hydrogen (secondary N) is 2. The molecule has 1 atom stereocenters. The second kappa shape index (κ2) is 7.72. The zero-order valence-corrected chi connectivity index (χ0v) is 13.2. The minimum absolute atomic E-state index is 0.425. The van der Waals surface area contributed by atoms with Crippen molar-refractivity contribution < 1.29 is 22.7 Å². The van der Waals surface area contributed by atoms with Crippen LogP contribution in [0.3, 0.4) is 0 Å². The minimum Gasteiger partial charge on any atom is -0.492 e. The predicted molar refractivity (Wildman–Crippen MR) is 85.6 cm³/mol. The standard InChI is InChI=1S/C17H17F3N2O2/c1-3-24-14-7-5-4-6-12(14)21-10(2)17(23)22-13-9-8-11(18)15(19)16(13)20/h4-10,21H,3H2,1-2H3,(H,22,23)/t10-/m1/s1. The van der Waals surface area contributed by atoms with E-state index >= 15 is 0 Å². The molecule has 2 aromatic carbocycles. The van der Waals surface area contributed by atoms with E-state index in [2.05, 4.69) is 10.6 Å². The van der Waals surface area contributed by atoms with Crippen LogP contribution in [0.4, 0.5) is 24.5 Å². The highest BCUT2D eigenvalue weighted by atomic mass is 19.2. The Kier molecular flexibility index (Phi) is 5.68. The highest BCUT2D eigenvalue weighted by Gasteiger charge is 2.19. The summed E-state index contributed by atoms with van der Waals surface area (Å²) in [4.78, 5) is 12.1. The number of halogens is 3. The van der Waals surface area contributed by atoms with Crippen LogP contribution in [0.5, 0.6) is 5.75 Å². The summed E-state index contributed by atoms with van der Waals surface area (Å²) in [6.07, 6.45) is 0. The fourth-order valence-corrected chi connectivity index (χ4v) is 2.03. The molecule has 2 aromatic rings. The molecule has 2 rings (SSSR count). The third-order valence-electron chi connectivity index (χ3n) is 3.25. The predicted octanol–water partition coefficient (Wildman–Crippen LogP) is 3.94. The molecule has 0 aromatic heterocycles. The Morgan fingerprint density at radius 2 is 1.79 bits per heavy atom. The van der Waals surface area contributed by atoms with Gasteiger partial charge in [0.15, 0.2) is 17.5 Å². The molecule has 0 aliphatic carbocycles. The number of ether oxygens (including phenoxy) is 1. The van der Waals surface area contributed by atoms with Crippen molar-refractivity contribution in [2.75, 3.05) is 17.2 Å².